The zero-order valence-corrected chi connectivity index (χ0v) is 16.2. The van der Waals surface area contributed by atoms with Gasteiger partial charge >= 0.3 is 6.03 Å². The standard InChI is InChI=1S/C21H23N3O5/c1-2-27-17-6-4-3-5-16(17)22-20(25)14-23-9-10-24(21(23)26)15-7-8-18-19(13-15)29-12-11-28-18/h3-8,13H,2,9-12,14H2,1H3,(H,22,25). The molecule has 2 aromatic rings. The van der Waals surface area contributed by atoms with Gasteiger partial charge in [-0.15, -0.1) is 0 Å². The van der Waals surface area contributed by atoms with Gasteiger partial charge in [-0.05, 0) is 31.2 Å². The number of amides is 3. The maximum absolute atomic E-state index is 12.8. The number of urea groups is 1. The predicted octanol–water partition coefficient (Wildman–Crippen LogP) is 2.74. The number of nitrogens with zero attached hydrogens (tertiary/aromatic N) is 2. The first-order valence-corrected chi connectivity index (χ1v) is 9.63. The van der Waals surface area contributed by atoms with Crippen LogP contribution >= 0.6 is 0 Å². The number of fused-ring (bicyclic) bond motifs is 1. The molecule has 0 spiro atoms. The summed E-state index contributed by atoms with van der Waals surface area (Å²) in [5.41, 5.74) is 1.32. The first-order valence-electron chi connectivity index (χ1n) is 9.63. The SMILES string of the molecule is CCOc1ccccc1NC(=O)CN1CCN(c2ccc3c(c2)OCCO3)C1=O. The van der Waals surface area contributed by atoms with Crippen LogP contribution in [0.2, 0.25) is 0 Å². The molecule has 2 heterocycles. The predicted molar refractivity (Wildman–Crippen MR) is 108 cm³/mol. The summed E-state index contributed by atoms with van der Waals surface area (Å²) >= 11 is 0. The summed E-state index contributed by atoms with van der Waals surface area (Å²) in [6.45, 7) is 4.33. The Balaban J connectivity index is 1.40. The normalized spacial score (nSPS) is 15.4. The molecule has 2 aliphatic heterocycles. The molecule has 0 aliphatic carbocycles. The molecule has 29 heavy (non-hydrogen) atoms. The highest BCUT2D eigenvalue weighted by Crippen LogP contribution is 2.35. The van der Waals surface area contributed by atoms with Gasteiger partial charge in [0.2, 0.25) is 5.91 Å². The topological polar surface area (TPSA) is 80.3 Å². The number of hydrogen-bond donors (Lipinski definition) is 1. The van der Waals surface area contributed by atoms with Crippen LogP contribution in [0.4, 0.5) is 16.2 Å². The Hall–Kier alpha value is -3.42. The van der Waals surface area contributed by atoms with Gasteiger partial charge in [-0.25, -0.2) is 4.79 Å². The van der Waals surface area contributed by atoms with Crippen LogP contribution in [0.3, 0.4) is 0 Å². The number of nitrogens with one attached hydrogen (secondary N) is 1. The molecule has 0 atom stereocenters. The lowest BCUT2D eigenvalue weighted by atomic mass is 10.2. The highest BCUT2D eigenvalue weighted by molar-refractivity contribution is 6.00. The number of benzene rings is 2. The van der Waals surface area contributed by atoms with E-state index in [-0.39, 0.29) is 18.5 Å². The van der Waals surface area contributed by atoms with E-state index in [1.54, 1.807) is 29.2 Å². The van der Waals surface area contributed by atoms with Crippen LogP contribution in [0.25, 0.3) is 0 Å². The van der Waals surface area contributed by atoms with E-state index in [2.05, 4.69) is 5.32 Å². The second kappa shape index (κ2) is 8.30. The van der Waals surface area contributed by atoms with Gasteiger partial charge in [0.05, 0.1) is 12.3 Å². The van der Waals surface area contributed by atoms with E-state index in [9.17, 15) is 9.59 Å². The zero-order chi connectivity index (χ0) is 20.2. The third-order valence-corrected chi connectivity index (χ3v) is 4.73. The summed E-state index contributed by atoms with van der Waals surface area (Å²) in [6.07, 6.45) is 0. The Kier molecular flexibility index (Phi) is 5.41. The van der Waals surface area contributed by atoms with Gasteiger partial charge in [0.15, 0.2) is 11.5 Å². The number of ether oxygens (including phenoxy) is 3. The van der Waals surface area contributed by atoms with E-state index in [0.717, 1.165) is 5.69 Å². The summed E-state index contributed by atoms with van der Waals surface area (Å²) in [5.74, 6) is 1.64. The Morgan fingerprint density at radius 1 is 1.10 bits per heavy atom. The van der Waals surface area contributed by atoms with Crippen LogP contribution < -0.4 is 24.4 Å². The van der Waals surface area contributed by atoms with Crippen LogP contribution in [-0.4, -0.2) is 56.3 Å². The van der Waals surface area contributed by atoms with Crippen molar-refractivity contribution >= 4 is 23.3 Å². The lowest BCUT2D eigenvalue weighted by Crippen LogP contribution is -2.37. The summed E-state index contributed by atoms with van der Waals surface area (Å²) in [4.78, 5) is 28.5. The molecule has 0 unspecified atom stereocenters. The molecule has 1 saturated heterocycles. The molecule has 1 fully saturated rings. The maximum Gasteiger partial charge on any atom is 0.325 e. The molecule has 0 aromatic heterocycles. The minimum absolute atomic E-state index is 0.0274. The molecule has 0 bridgehead atoms. The summed E-state index contributed by atoms with van der Waals surface area (Å²) in [5, 5.41) is 2.83. The molecular formula is C21H23N3O5. The van der Waals surface area contributed by atoms with Crippen molar-refractivity contribution in [3.05, 3.63) is 42.5 Å². The van der Waals surface area contributed by atoms with Crippen molar-refractivity contribution in [3.8, 4) is 17.2 Å². The Bertz CT molecular complexity index is 917. The third kappa shape index (κ3) is 4.06. The fourth-order valence-electron chi connectivity index (χ4n) is 3.38. The number of rotatable bonds is 6. The first-order chi connectivity index (χ1) is 14.2. The molecule has 0 radical (unpaired) electrons. The lowest BCUT2D eigenvalue weighted by Gasteiger charge is -2.22. The van der Waals surface area contributed by atoms with Crippen molar-refractivity contribution < 1.29 is 23.8 Å². The Morgan fingerprint density at radius 3 is 2.72 bits per heavy atom. The minimum Gasteiger partial charge on any atom is -0.492 e. The molecule has 8 heteroatoms. The molecule has 0 saturated carbocycles. The molecule has 2 aromatic carbocycles. The molecule has 2 aliphatic rings. The molecule has 8 nitrogen and oxygen atoms in total. The van der Waals surface area contributed by atoms with Crippen molar-refractivity contribution in [1.29, 1.82) is 0 Å². The number of carbonyl (C=O) groups excluding carboxylic acids is 2. The second-order valence-corrected chi connectivity index (χ2v) is 6.66. The van der Waals surface area contributed by atoms with Gasteiger partial charge in [-0.3, -0.25) is 9.69 Å². The van der Waals surface area contributed by atoms with E-state index in [1.807, 2.05) is 25.1 Å². The zero-order valence-electron chi connectivity index (χ0n) is 16.2. The fraction of sp³-hybridized carbons (Fsp3) is 0.333. The van der Waals surface area contributed by atoms with Crippen LogP contribution in [0.5, 0.6) is 17.2 Å². The van der Waals surface area contributed by atoms with Gasteiger partial charge < -0.3 is 24.4 Å². The molecule has 152 valence electrons. The van der Waals surface area contributed by atoms with E-state index in [1.165, 1.54) is 4.90 Å². The van der Waals surface area contributed by atoms with Crippen LogP contribution in [0.1, 0.15) is 6.92 Å². The summed E-state index contributed by atoms with van der Waals surface area (Å²) in [7, 11) is 0. The second-order valence-electron chi connectivity index (χ2n) is 6.66. The van der Waals surface area contributed by atoms with Crippen molar-refractivity contribution in [3.63, 3.8) is 0 Å². The first kappa shape index (κ1) is 18.9. The van der Waals surface area contributed by atoms with Crippen molar-refractivity contribution in [2.24, 2.45) is 0 Å². The smallest absolute Gasteiger partial charge is 0.325 e. The monoisotopic (exact) mass is 397 g/mol. The molecule has 1 N–H and O–H groups in total. The van der Waals surface area contributed by atoms with Crippen LogP contribution in [0.15, 0.2) is 42.5 Å². The molecule has 3 amide bonds. The van der Waals surface area contributed by atoms with Crippen LogP contribution in [-0.2, 0) is 4.79 Å². The Morgan fingerprint density at radius 2 is 1.90 bits per heavy atom. The lowest BCUT2D eigenvalue weighted by molar-refractivity contribution is -0.116. The van der Waals surface area contributed by atoms with Crippen molar-refractivity contribution in [1.82, 2.24) is 4.90 Å². The highest BCUT2D eigenvalue weighted by atomic mass is 16.6. The maximum atomic E-state index is 12.8. The fourth-order valence-corrected chi connectivity index (χ4v) is 3.38. The van der Waals surface area contributed by atoms with Gasteiger partial charge in [0, 0.05) is 24.8 Å². The average molecular weight is 397 g/mol. The van der Waals surface area contributed by atoms with E-state index in [0.29, 0.717) is 55.8 Å². The van der Waals surface area contributed by atoms with Gasteiger partial charge in [0.25, 0.3) is 0 Å². The summed E-state index contributed by atoms with van der Waals surface area (Å²) < 4.78 is 16.6. The average Bonchev–Trinajstić information content (AvgIpc) is 3.09. The van der Waals surface area contributed by atoms with E-state index in [4.69, 9.17) is 14.2 Å². The van der Waals surface area contributed by atoms with Gasteiger partial charge in [0.1, 0.15) is 25.5 Å². The minimum atomic E-state index is -0.269. The quantitative estimate of drug-likeness (QED) is 0.811. The third-order valence-electron chi connectivity index (χ3n) is 4.73. The van der Waals surface area contributed by atoms with E-state index >= 15 is 0 Å². The summed E-state index contributed by atoms with van der Waals surface area (Å²) in [6, 6.07) is 12.5. The highest BCUT2D eigenvalue weighted by Gasteiger charge is 2.31. The van der Waals surface area contributed by atoms with Crippen LogP contribution in [0, 0.1) is 0 Å². The largest absolute Gasteiger partial charge is 0.492 e. The number of anilines is 2. The molecule has 4 rings (SSSR count). The number of carbonyl (C=O) groups is 2. The number of hydrogen-bond acceptors (Lipinski definition) is 5. The van der Waals surface area contributed by atoms with Crippen molar-refractivity contribution in [2.75, 3.05) is 49.7 Å². The van der Waals surface area contributed by atoms with Gasteiger partial charge in [-0.2, -0.15) is 0 Å². The Labute approximate surface area is 168 Å². The van der Waals surface area contributed by atoms with E-state index < -0.39 is 0 Å². The molecular weight excluding hydrogens is 374 g/mol. The van der Waals surface area contributed by atoms with Crippen molar-refractivity contribution in [2.45, 2.75) is 6.92 Å². The van der Waals surface area contributed by atoms with Gasteiger partial charge in [-0.1, -0.05) is 12.1 Å². The number of para-hydroxylation sites is 2.